The van der Waals surface area contributed by atoms with Gasteiger partial charge >= 0.3 is 0 Å². The normalized spacial score (nSPS) is 17.4. The number of rotatable bonds is 3. The maximum absolute atomic E-state index is 13.7. The summed E-state index contributed by atoms with van der Waals surface area (Å²) in [7, 11) is 0. The minimum atomic E-state index is -0.414. The standard InChI is InChI=1S/C25H21ClFN3O3/c26-21-12-19(30-6-4-17-10-18(27)1-2-22(17)30)11-20-24(21)33-8-7-29(25(20)14-32-15-25)13-16-3-5-28-23(31)9-16/h1-6,9-12H,7-8,13-15H2,(H,28,31). The van der Waals surface area contributed by atoms with Crippen LogP contribution in [0.2, 0.25) is 5.02 Å². The molecule has 2 aliphatic rings. The molecule has 6 nitrogen and oxygen atoms in total. The molecule has 2 aromatic carbocycles. The number of halogens is 2. The largest absolute Gasteiger partial charge is 0.490 e. The van der Waals surface area contributed by atoms with Gasteiger partial charge in [0.1, 0.15) is 18.2 Å². The third kappa shape index (κ3) is 3.35. The lowest BCUT2D eigenvalue weighted by Crippen LogP contribution is -2.59. The van der Waals surface area contributed by atoms with Crippen LogP contribution in [0.25, 0.3) is 16.6 Å². The lowest BCUT2D eigenvalue weighted by molar-refractivity contribution is -0.148. The molecule has 2 aliphatic heterocycles. The monoisotopic (exact) mass is 465 g/mol. The van der Waals surface area contributed by atoms with E-state index in [2.05, 4.69) is 16.0 Å². The SMILES string of the molecule is O=c1cc(CN2CCOc3c(Cl)cc(-n4ccc5cc(F)ccc54)cc3C23COC3)cc[nH]1. The molecule has 0 unspecified atom stereocenters. The van der Waals surface area contributed by atoms with Crippen LogP contribution in [-0.2, 0) is 16.8 Å². The van der Waals surface area contributed by atoms with E-state index in [-0.39, 0.29) is 11.4 Å². The van der Waals surface area contributed by atoms with Gasteiger partial charge in [-0.2, -0.15) is 0 Å². The van der Waals surface area contributed by atoms with Crippen LogP contribution in [0, 0.1) is 5.82 Å². The fourth-order valence-electron chi connectivity index (χ4n) is 4.86. The van der Waals surface area contributed by atoms with Crippen molar-refractivity contribution in [2.45, 2.75) is 12.1 Å². The molecule has 0 amide bonds. The summed E-state index contributed by atoms with van der Waals surface area (Å²) in [6.45, 7) is 2.74. The third-order valence-electron chi connectivity index (χ3n) is 6.57. The average Bonchev–Trinajstić information content (AvgIpc) is 3.09. The van der Waals surface area contributed by atoms with Crippen molar-refractivity contribution < 1.29 is 13.9 Å². The Kier molecular flexibility index (Phi) is 4.79. The van der Waals surface area contributed by atoms with Crippen molar-refractivity contribution in [2.75, 3.05) is 26.4 Å². The maximum atomic E-state index is 13.7. The van der Waals surface area contributed by atoms with E-state index in [0.29, 0.717) is 43.7 Å². The van der Waals surface area contributed by atoms with Crippen LogP contribution >= 0.6 is 11.6 Å². The number of benzene rings is 2. The fraction of sp³-hybridized carbons (Fsp3) is 0.240. The second-order valence-electron chi connectivity index (χ2n) is 8.55. The van der Waals surface area contributed by atoms with Gasteiger partial charge in [0.15, 0.2) is 0 Å². The molecule has 33 heavy (non-hydrogen) atoms. The Balaban J connectivity index is 1.47. The Labute approximate surface area is 194 Å². The van der Waals surface area contributed by atoms with E-state index >= 15 is 0 Å². The number of pyridine rings is 1. The van der Waals surface area contributed by atoms with Crippen LogP contribution in [0.15, 0.2) is 65.7 Å². The molecule has 0 atom stereocenters. The van der Waals surface area contributed by atoms with Gasteiger partial charge in [0.25, 0.3) is 0 Å². The fourth-order valence-corrected chi connectivity index (χ4v) is 5.13. The summed E-state index contributed by atoms with van der Waals surface area (Å²) in [6.07, 6.45) is 3.58. The number of aromatic nitrogens is 2. The zero-order valence-electron chi connectivity index (χ0n) is 17.7. The first-order valence-corrected chi connectivity index (χ1v) is 11.2. The summed E-state index contributed by atoms with van der Waals surface area (Å²) in [5.74, 6) is 0.397. The van der Waals surface area contributed by atoms with Crippen LogP contribution in [-0.4, -0.2) is 40.8 Å². The van der Waals surface area contributed by atoms with Crippen LogP contribution in [0.4, 0.5) is 4.39 Å². The Morgan fingerprint density at radius 2 is 2.00 bits per heavy atom. The number of hydrogen-bond donors (Lipinski definition) is 1. The Morgan fingerprint density at radius 3 is 2.79 bits per heavy atom. The molecule has 0 radical (unpaired) electrons. The molecule has 1 saturated heterocycles. The van der Waals surface area contributed by atoms with Crippen molar-refractivity contribution in [3.63, 3.8) is 0 Å². The summed E-state index contributed by atoms with van der Waals surface area (Å²) in [5.41, 5.74) is 3.11. The van der Waals surface area contributed by atoms with Crippen molar-refractivity contribution in [1.82, 2.24) is 14.5 Å². The topological polar surface area (TPSA) is 59.5 Å². The third-order valence-corrected chi connectivity index (χ3v) is 6.85. The van der Waals surface area contributed by atoms with Crippen molar-refractivity contribution in [3.05, 3.63) is 93.2 Å². The summed E-state index contributed by atoms with van der Waals surface area (Å²) < 4.78 is 27.5. The number of hydrogen-bond acceptors (Lipinski definition) is 4. The second kappa shape index (κ2) is 7.73. The maximum Gasteiger partial charge on any atom is 0.248 e. The molecule has 4 aromatic rings. The van der Waals surface area contributed by atoms with Gasteiger partial charge < -0.3 is 19.0 Å². The van der Waals surface area contributed by atoms with Crippen LogP contribution in [0.5, 0.6) is 5.75 Å². The summed E-state index contributed by atoms with van der Waals surface area (Å²) in [5, 5.41) is 1.34. The van der Waals surface area contributed by atoms with Gasteiger partial charge in [-0.25, -0.2) is 4.39 Å². The number of ether oxygens (including phenoxy) is 2. The molecule has 0 saturated carbocycles. The minimum absolute atomic E-state index is 0.126. The van der Waals surface area contributed by atoms with E-state index in [0.717, 1.165) is 27.7 Å². The zero-order valence-corrected chi connectivity index (χ0v) is 18.4. The highest BCUT2D eigenvalue weighted by molar-refractivity contribution is 6.32. The first-order chi connectivity index (χ1) is 16.0. The summed E-state index contributed by atoms with van der Waals surface area (Å²) in [4.78, 5) is 16.8. The highest BCUT2D eigenvalue weighted by Crippen LogP contribution is 2.47. The Bertz CT molecular complexity index is 1430. The molecule has 0 bridgehead atoms. The minimum Gasteiger partial charge on any atom is -0.490 e. The highest BCUT2D eigenvalue weighted by atomic mass is 35.5. The molecule has 4 heterocycles. The van der Waals surface area contributed by atoms with Crippen molar-refractivity contribution in [1.29, 1.82) is 0 Å². The molecule has 168 valence electrons. The molecule has 0 aliphatic carbocycles. The van der Waals surface area contributed by atoms with Gasteiger partial charge in [-0.05, 0) is 48.0 Å². The molecular formula is C25H21ClFN3O3. The van der Waals surface area contributed by atoms with Gasteiger partial charge in [0, 0.05) is 48.2 Å². The van der Waals surface area contributed by atoms with E-state index in [9.17, 15) is 9.18 Å². The summed E-state index contributed by atoms with van der Waals surface area (Å²) in [6, 6.07) is 14.1. The predicted molar refractivity (Wildman–Crippen MR) is 124 cm³/mol. The van der Waals surface area contributed by atoms with Crippen LogP contribution < -0.4 is 10.3 Å². The zero-order chi connectivity index (χ0) is 22.6. The molecule has 6 rings (SSSR count). The van der Waals surface area contributed by atoms with E-state index in [1.807, 2.05) is 29.0 Å². The van der Waals surface area contributed by atoms with Gasteiger partial charge in [-0.1, -0.05) is 11.6 Å². The van der Waals surface area contributed by atoms with Crippen molar-refractivity contribution >= 4 is 22.5 Å². The van der Waals surface area contributed by atoms with E-state index < -0.39 is 5.54 Å². The number of H-pyrrole nitrogens is 1. The Hall–Kier alpha value is -3.13. The molecule has 1 spiro atoms. The quantitative estimate of drug-likeness (QED) is 0.492. The number of aromatic amines is 1. The van der Waals surface area contributed by atoms with Crippen LogP contribution in [0.3, 0.4) is 0 Å². The summed E-state index contributed by atoms with van der Waals surface area (Å²) >= 11 is 6.75. The molecule has 2 aromatic heterocycles. The van der Waals surface area contributed by atoms with Crippen LogP contribution in [0.1, 0.15) is 11.1 Å². The Morgan fingerprint density at radius 1 is 1.12 bits per heavy atom. The number of nitrogens with zero attached hydrogens (tertiary/aromatic N) is 2. The first kappa shape index (κ1) is 20.5. The second-order valence-corrected chi connectivity index (χ2v) is 8.96. The van der Waals surface area contributed by atoms with Gasteiger partial charge in [0.05, 0.1) is 29.3 Å². The van der Waals surface area contributed by atoms with Crippen molar-refractivity contribution in [2.24, 2.45) is 0 Å². The van der Waals surface area contributed by atoms with E-state index in [1.165, 1.54) is 12.1 Å². The number of fused-ring (bicyclic) bond motifs is 3. The van der Waals surface area contributed by atoms with Crippen molar-refractivity contribution in [3.8, 4) is 11.4 Å². The lowest BCUT2D eigenvalue weighted by Gasteiger charge is -2.49. The van der Waals surface area contributed by atoms with Gasteiger partial charge in [-0.15, -0.1) is 0 Å². The van der Waals surface area contributed by atoms with E-state index in [4.69, 9.17) is 21.1 Å². The first-order valence-electron chi connectivity index (χ1n) is 10.8. The predicted octanol–water partition coefficient (Wildman–Crippen LogP) is 4.23. The van der Waals surface area contributed by atoms with Gasteiger partial charge in [0.2, 0.25) is 5.56 Å². The molecule has 1 fully saturated rings. The molecule has 8 heteroatoms. The number of nitrogens with one attached hydrogen (secondary N) is 1. The smallest absolute Gasteiger partial charge is 0.248 e. The van der Waals surface area contributed by atoms with Gasteiger partial charge in [-0.3, -0.25) is 9.69 Å². The average molecular weight is 466 g/mol. The molecular weight excluding hydrogens is 445 g/mol. The molecule has 1 N–H and O–H groups in total. The van der Waals surface area contributed by atoms with E-state index in [1.54, 1.807) is 18.3 Å². The lowest BCUT2D eigenvalue weighted by atomic mass is 9.84. The highest BCUT2D eigenvalue weighted by Gasteiger charge is 2.49.